The molecule has 0 aliphatic rings. The van der Waals surface area contributed by atoms with Crippen molar-refractivity contribution in [3.05, 3.63) is 60.4 Å². The summed E-state index contributed by atoms with van der Waals surface area (Å²) in [5.41, 5.74) is 1.93. The van der Waals surface area contributed by atoms with E-state index in [2.05, 4.69) is 10.2 Å². The number of carbonyl (C=O) groups is 2. The maximum absolute atomic E-state index is 13.9. The summed E-state index contributed by atoms with van der Waals surface area (Å²) in [6.07, 6.45) is -1.92. The third-order valence-corrected chi connectivity index (χ3v) is 2.61. The second-order valence-electron chi connectivity index (χ2n) is 4.07. The zero-order valence-corrected chi connectivity index (χ0v) is 11.7. The number of nitrogens with one attached hydrogen (secondary N) is 1. The molecule has 0 saturated heterocycles. The summed E-state index contributed by atoms with van der Waals surface area (Å²) in [5.74, 6) is -0.454. The van der Waals surface area contributed by atoms with Crippen molar-refractivity contribution in [1.29, 1.82) is 0 Å². The molecule has 0 aromatic heterocycles. The monoisotopic (exact) mass is 304 g/mol. The molecule has 1 N–H and O–H groups in total. The van der Waals surface area contributed by atoms with E-state index in [-0.39, 0.29) is 11.4 Å². The fourth-order valence-electron chi connectivity index (χ4n) is 1.61. The lowest BCUT2D eigenvalue weighted by molar-refractivity contribution is 0.165. The van der Waals surface area contributed by atoms with Crippen LogP contribution >= 0.6 is 0 Å². The van der Waals surface area contributed by atoms with Gasteiger partial charge in [0, 0.05) is 0 Å². The van der Waals surface area contributed by atoms with Gasteiger partial charge in [0.25, 0.3) is 0 Å². The number of methoxy groups -OCH3 is 1. The highest BCUT2D eigenvalue weighted by atomic mass is 19.1. The van der Waals surface area contributed by atoms with Crippen molar-refractivity contribution < 1.29 is 23.5 Å². The molecule has 0 aliphatic carbocycles. The molecule has 0 spiro atoms. The van der Waals surface area contributed by atoms with E-state index < -0.39 is 18.0 Å². The quantitative estimate of drug-likeness (QED) is 0.866. The SMILES string of the molecule is COC(=O)NN(C(=O)Oc1ccccc1)c1ccccc1F. The van der Waals surface area contributed by atoms with Gasteiger partial charge >= 0.3 is 12.2 Å². The first-order chi connectivity index (χ1) is 10.6. The van der Waals surface area contributed by atoms with Crippen LogP contribution in [0.25, 0.3) is 0 Å². The van der Waals surface area contributed by atoms with Crippen LogP contribution in [-0.2, 0) is 4.74 Å². The third kappa shape index (κ3) is 3.72. The van der Waals surface area contributed by atoms with Gasteiger partial charge in [-0.3, -0.25) is 0 Å². The van der Waals surface area contributed by atoms with E-state index in [1.165, 1.54) is 18.2 Å². The molecule has 0 heterocycles. The lowest BCUT2D eigenvalue weighted by Gasteiger charge is -2.22. The molecular weight excluding hydrogens is 291 g/mol. The van der Waals surface area contributed by atoms with Gasteiger partial charge in [0.05, 0.1) is 7.11 Å². The number of nitrogens with zero attached hydrogens (tertiary/aromatic N) is 1. The molecule has 2 aromatic carbocycles. The number of hydrogen-bond acceptors (Lipinski definition) is 4. The Bertz CT molecular complexity index is 664. The minimum atomic E-state index is -0.985. The smallest absolute Gasteiger partial charge is 0.439 e. The largest absolute Gasteiger partial charge is 0.452 e. The molecule has 22 heavy (non-hydrogen) atoms. The van der Waals surface area contributed by atoms with Crippen molar-refractivity contribution in [2.75, 3.05) is 12.1 Å². The van der Waals surface area contributed by atoms with Crippen LogP contribution in [0.5, 0.6) is 5.75 Å². The van der Waals surface area contributed by atoms with Gasteiger partial charge in [-0.2, -0.15) is 5.01 Å². The van der Waals surface area contributed by atoms with Crippen LogP contribution in [0.3, 0.4) is 0 Å². The van der Waals surface area contributed by atoms with Crippen molar-refractivity contribution in [3.63, 3.8) is 0 Å². The summed E-state index contributed by atoms with van der Waals surface area (Å²) < 4.78 is 23.4. The van der Waals surface area contributed by atoms with Gasteiger partial charge < -0.3 is 9.47 Å². The summed E-state index contributed by atoms with van der Waals surface area (Å²) in [6, 6.07) is 13.6. The number of carbonyl (C=O) groups excluding carboxylic acids is 2. The molecule has 0 radical (unpaired) electrons. The van der Waals surface area contributed by atoms with E-state index in [0.717, 1.165) is 13.2 Å². The number of hydrazine groups is 1. The lowest BCUT2D eigenvalue weighted by atomic mass is 10.3. The number of halogens is 1. The topological polar surface area (TPSA) is 67.9 Å². The van der Waals surface area contributed by atoms with E-state index in [1.807, 2.05) is 0 Å². The molecule has 0 fully saturated rings. The molecule has 0 unspecified atom stereocenters. The molecule has 0 aliphatic heterocycles. The second kappa shape index (κ2) is 7.07. The average molecular weight is 304 g/mol. The molecule has 0 saturated carbocycles. The van der Waals surface area contributed by atoms with Crippen molar-refractivity contribution in [3.8, 4) is 5.75 Å². The summed E-state index contributed by atoms with van der Waals surface area (Å²) in [5, 5.41) is 0.633. The van der Waals surface area contributed by atoms with Gasteiger partial charge in [0.2, 0.25) is 0 Å². The average Bonchev–Trinajstić information content (AvgIpc) is 2.54. The minimum Gasteiger partial charge on any atom is -0.452 e. The molecule has 0 atom stereocenters. The first kappa shape index (κ1) is 15.3. The summed E-state index contributed by atoms with van der Waals surface area (Å²) in [6.45, 7) is 0. The zero-order chi connectivity index (χ0) is 15.9. The molecule has 0 bridgehead atoms. The van der Waals surface area contributed by atoms with Crippen molar-refractivity contribution >= 4 is 17.9 Å². The number of benzene rings is 2. The van der Waals surface area contributed by atoms with Crippen LogP contribution in [0, 0.1) is 5.82 Å². The maximum Gasteiger partial charge on any atom is 0.439 e. The van der Waals surface area contributed by atoms with E-state index in [1.54, 1.807) is 30.3 Å². The van der Waals surface area contributed by atoms with Crippen molar-refractivity contribution in [2.24, 2.45) is 0 Å². The first-order valence-corrected chi connectivity index (χ1v) is 6.28. The highest BCUT2D eigenvalue weighted by Gasteiger charge is 2.23. The second-order valence-corrected chi connectivity index (χ2v) is 4.07. The van der Waals surface area contributed by atoms with Crippen molar-refractivity contribution in [1.82, 2.24) is 5.43 Å². The van der Waals surface area contributed by atoms with Gasteiger partial charge in [0.15, 0.2) is 0 Å². The molecule has 2 amide bonds. The fourth-order valence-corrected chi connectivity index (χ4v) is 1.61. The molecule has 2 rings (SSSR count). The van der Waals surface area contributed by atoms with E-state index >= 15 is 0 Å². The lowest BCUT2D eigenvalue weighted by Crippen LogP contribution is -2.48. The highest BCUT2D eigenvalue weighted by Crippen LogP contribution is 2.19. The Morgan fingerprint density at radius 3 is 2.32 bits per heavy atom. The number of ether oxygens (including phenoxy) is 2. The Labute approximate surface area is 126 Å². The molecule has 2 aromatic rings. The van der Waals surface area contributed by atoms with Crippen LogP contribution in [0.1, 0.15) is 0 Å². The molecular formula is C15H13FN2O4. The van der Waals surface area contributed by atoms with Gasteiger partial charge in [-0.05, 0) is 24.3 Å². The standard InChI is InChI=1S/C15H13FN2O4/c1-21-14(19)17-18(13-10-6-5-9-12(13)16)15(20)22-11-7-3-2-4-8-11/h2-10H,1H3,(H,17,19). The summed E-state index contributed by atoms with van der Waals surface area (Å²) in [7, 11) is 1.12. The number of anilines is 1. The Morgan fingerprint density at radius 2 is 1.68 bits per heavy atom. The van der Waals surface area contributed by atoms with E-state index in [4.69, 9.17) is 4.74 Å². The van der Waals surface area contributed by atoms with E-state index in [9.17, 15) is 14.0 Å². The fraction of sp³-hybridized carbons (Fsp3) is 0.0667. The summed E-state index contributed by atoms with van der Waals surface area (Å²) >= 11 is 0. The third-order valence-electron chi connectivity index (χ3n) is 2.61. The van der Waals surface area contributed by atoms with Crippen LogP contribution in [-0.4, -0.2) is 19.3 Å². The molecule has 114 valence electrons. The first-order valence-electron chi connectivity index (χ1n) is 6.28. The molecule has 7 heteroatoms. The van der Waals surface area contributed by atoms with Crippen LogP contribution in [0.15, 0.2) is 54.6 Å². The minimum absolute atomic E-state index is 0.172. The predicted octanol–water partition coefficient (Wildman–Crippen LogP) is 3.10. The van der Waals surface area contributed by atoms with Crippen LogP contribution in [0.2, 0.25) is 0 Å². The van der Waals surface area contributed by atoms with Gasteiger partial charge in [-0.1, -0.05) is 30.3 Å². The number of hydrogen-bond donors (Lipinski definition) is 1. The Balaban J connectivity index is 2.26. The normalized spacial score (nSPS) is 9.73. The zero-order valence-electron chi connectivity index (χ0n) is 11.7. The maximum atomic E-state index is 13.9. The van der Waals surface area contributed by atoms with Gasteiger partial charge in [-0.15, -0.1) is 0 Å². The molecule has 6 nitrogen and oxygen atoms in total. The van der Waals surface area contributed by atoms with Crippen molar-refractivity contribution in [2.45, 2.75) is 0 Å². The Kier molecular flexibility index (Phi) is 4.92. The Morgan fingerprint density at radius 1 is 1.05 bits per heavy atom. The Hall–Kier alpha value is -3.09. The van der Waals surface area contributed by atoms with E-state index in [0.29, 0.717) is 5.01 Å². The van der Waals surface area contributed by atoms with Crippen LogP contribution in [0.4, 0.5) is 19.7 Å². The number of rotatable bonds is 2. The predicted molar refractivity (Wildman–Crippen MR) is 76.9 cm³/mol. The highest BCUT2D eigenvalue weighted by molar-refractivity contribution is 5.91. The number of para-hydroxylation sites is 2. The van der Waals surface area contributed by atoms with Crippen LogP contribution < -0.4 is 15.2 Å². The number of amides is 2. The summed E-state index contributed by atoms with van der Waals surface area (Å²) in [4.78, 5) is 23.5. The van der Waals surface area contributed by atoms with Gasteiger partial charge in [0.1, 0.15) is 17.3 Å². The van der Waals surface area contributed by atoms with Gasteiger partial charge in [-0.25, -0.2) is 19.4 Å².